The number of rotatable bonds is 1. The Morgan fingerprint density at radius 1 is 1.44 bits per heavy atom. The molecule has 0 atom stereocenters. The van der Waals surface area contributed by atoms with Crippen molar-refractivity contribution in [2.75, 3.05) is 19.8 Å². The smallest absolute Gasteiger partial charge is 0.265 e. The van der Waals surface area contributed by atoms with Crippen LogP contribution in [0.2, 0.25) is 0 Å². The van der Waals surface area contributed by atoms with Crippen LogP contribution in [-0.4, -0.2) is 29.9 Å². The summed E-state index contributed by atoms with van der Waals surface area (Å²) in [5.74, 6) is -0.0712. The zero-order chi connectivity index (χ0) is 11.9. The van der Waals surface area contributed by atoms with Crippen LogP contribution in [0.4, 0.5) is 5.69 Å². The van der Waals surface area contributed by atoms with Crippen LogP contribution in [-0.2, 0) is 0 Å². The molecule has 16 heavy (non-hydrogen) atoms. The number of nitrogens with zero attached hydrogens (tertiary/aromatic N) is 2. The largest absolute Gasteiger partial charge is 0.397 e. The topological polar surface area (TPSA) is 59.2 Å². The van der Waals surface area contributed by atoms with E-state index in [1.807, 2.05) is 19.1 Å². The summed E-state index contributed by atoms with van der Waals surface area (Å²) < 4.78 is 0. The molecule has 0 aliphatic rings. The molecule has 2 aromatic heterocycles. The first-order valence-corrected chi connectivity index (χ1v) is 5.69. The second kappa shape index (κ2) is 3.75. The van der Waals surface area contributed by atoms with Crippen LogP contribution in [0, 0.1) is 6.92 Å². The monoisotopic (exact) mass is 235 g/mol. The molecule has 0 aliphatic heterocycles. The molecule has 2 rings (SSSR count). The number of hydrogen-bond donors (Lipinski definition) is 1. The molecule has 2 aromatic rings. The predicted molar refractivity (Wildman–Crippen MR) is 66.8 cm³/mol. The Morgan fingerprint density at radius 3 is 2.75 bits per heavy atom. The number of carbonyl (C=O) groups is 1. The van der Waals surface area contributed by atoms with Crippen LogP contribution >= 0.6 is 11.3 Å². The second-order valence-electron chi connectivity index (χ2n) is 3.85. The molecule has 0 unspecified atom stereocenters. The number of carbonyl (C=O) groups excluding carboxylic acids is 1. The van der Waals surface area contributed by atoms with Gasteiger partial charge in [0.15, 0.2) is 0 Å². The van der Waals surface area contributed by atoms with Crippen molar-refractivity contribution in [2.45, 2.75) is 6.92 Å². The zero-order valence-electron chi connectivity index (χ0n) is 9.44. The van der Waals surface area contributed by atoms with Crippen molar-refractivity contribution in [3.63, 3.8) is 0 Å². The highest BCUT2D eigenvalue weighted by Crippen LogP contribution is 2.32. The molecule has 0 fully saturated rings. The normalized spacial score (nSPS) is 10.7. The van der Waals surface area contributed by atoms with Gasteiger partial charge in [-0.3, -0.25) is 4.79 Å². The maximum Gasteiger partial charge on any atom is 0.265 e. The molecule has 0 aromatic carbocycles. The first kappa shape index (κ1) is 10.9. The van der Waals surface area contributed by atoms with Crippen molar-refractivity contribution < 1.29 is 4.79 Å². The molecule has 4 nitrogen and oxygen atoms in total. The van der Waals surface area contributed by atoms with Gasteiger partial charge < -0.3 is 10.6 Å². The van der Waals surface area contributed by atoms with E-state index in [-0.39, 0.29) is 5.91 Å². The molecule has 0 radical (unpaired) electrons. The summed E-state index contributed by atoms with van der Waals surface area (Å²) in [4.78, 5) is 19.1. The first-order valence-electron chi connectivity index (χ1n) is 4.88. The van der Waals surface area contributed by atoms with E-state index in [4.69, 9.17) is 5.73 Å². The maximum atomic E-state index is 11.8. The fourth-order valence-electron chi connectivity index (χ4n) is 1.45. The van der Waals surface area contributed by atoms with Gasteiger partial charge in [-0.15, -0.1) is 11.3 Å². The van der Waals surface area contributed by atoms with E-state index >= 15 is 0 Å². The highest BCUT2D eigenvalue weighted by Gasteiger charge is 2.18. The van der Waals surface area contributed by atoms with Gasteiger partial charge in [0.1, 0.15) is 9.71 Å². The number of nitrogens with two attached hydrogens (primary N) is 1. The SMILES string of the molecule is Cc1ccc2c(N)c(C(=O)N(C)C)sc2n1. The van der Waals surface area contributed by atoms with Crippen LogP contribution in [0.3, 0.4) is 0 Å². The maximum absolute atomic E-state index is 11.8. The van der Waals surface area contributed by atoms with E-state index in [0.717, 1.165) is 15.9 Å². The molecular weight excluding hydrogens is 222 g/mol. The number of nitrogen functional groups attached to an aromatic ring is 1. The molecule has 0 bridgehead atoms. The van der Waals surface area contributed by atoms with Crippen molar-refractivity contribution in [3.8, 4) is 0 Å². The van der Waals surface area contributed by atoms with Gasteiger partial charge in [-0.05, 0) is 19.1 Å². The molecule has 0 spiro atoms. The van der Waals surface area contributed by atoms with E-state index in [9.17, 15) is 4.79 Å². The third-order valence-corrected chi connectivity index (χ3v) is 3.44. The van der Waals surface area contributed by atoms with Gasteiger partial charge in [0, 0.05) is 25.2 Å². The van der Waals surface area contributed by atoms with Gasteiger partial charge >= 0.3 is 0 Å². The number of aromatic nitrogens is 1. The highest BCUT2D eigenvalue weighted by atomic mass is 32.1. The Balaban J connectivity index is 2.64. The zero-order valence-corrected chi connectivity index (χ0v) is 10.3. The standard InChI is InChI=1S/C11H13N3OS/c1-6-4-5-7-8(12)9(11(15)14(2)3)16-10(7)13-6/h4-5H,12H2,1-3H3. The van der Waals surface area contributed by atoms with E-state index in [1.54, 1.807) is 14.1 Å². The van der Waals surface area contributed by atoms with Crippen molar-refractivity contribution in [3.05, 3.63) is 22.7 Å². The lowest BCUT2D eigenvalue weighted by Crippen LogP contribution is -2.21. The molecule has 0 saturated carbocycles. The molecule has 84 valence electrons. The third kappa shape index (κ3) is 1.63. The minimum absolute atomic E-state index is 0.0712. The predicted octanol–water partition coefficient (Wildman–Crippen LogP) is 1.89. The summed E-state index contributed by atoms with van der Waals surface area (Å²) in [7, 11) is 3.43. The fourth-order valence-corrected chi connectivity index (χ4v) is 2.61. The lowest BCUT2D eigenvalue weighted by atomic mass is 10.2. The Morgan fingerprint density at radius 2 is 2.12 bits per heavy atom. The number of thiophene rings is 1. The highest BCUT2D eigenvalue weighted by molar-refractivity contribution is 7.21. The van der Waals surface area contributed by atoms with Crippen molar-refractivity contribution in [1.29, 1.82) is 0 Å². The van der Waals surface area contributed by atoms with Crippen LogP contribution < -0.4 is 5.73 Å². The average Bonchev–Trinajstić information content (AvgIpc) is 2.54. The van der Waals surface area contributed by atoms with E-state index in [2.05, 4.69) is 4.98 Å². The molecule has 0 aliphatic carbocycles. The van der Waals surface area contributed by atoms with E-state index in [0.29, 0.717) is 10.6 Å². The quantitative estimate of drug-likeness (QED) is 0.821. The minimum atomic E-state index is -0.0712. The van der Waals surface area contributed by atoms with Gasteiger partial charge in [-0.1, -0.05) is 0 Å². The van der Waals surface area contributed by atoms with Crippen molar-refractivity contribution in [1.82, 2.24) is 9.88 Å². The number of fused-ring (bicyclic) bond motifs is 1. The third-order valence-electron chi connectivity index (χ3n) is 2.33. The van der Waals surface area contributed by atoms with E-state index < -0.39 is 0 Å². The average molecular weight is 235 g/mol. The van der Waals surface area contributed by atoms with Crippen LogP contribution in [0.1, 0.15) is 15.4 Å². The van der Waals surface area contributed by atoms with Gasteiger partial charge in [0.2, 0.25) is 0 Å². The molecule has 0 saturated heterocycles. The lowest BCUT2D eigenvalue weighted by molar-refractivity contribution is 0.0833. The molecule has 5 heteroatoms. The number of aryl methyl sites for hydroxylation is 1. The Kier molecular flexibility index (Phi) is 2.55. The number of pyridine rings is 1. The number of anilines is 1. The summed E-state index contributed by atoms with van der Waals surface area (Å²) in [6, 6.07) is 3.81. The fraction of sp³-hybridized carbons (Fsp3) is 0.273. The Bertz CT molecular complexity index is 560. The second-order valence-corrected chi connectivity index (χ2v) is 4.85. The first-order chi connectivity index (χ1) is 7.50. The molecule has 2 heterocycles. The summed E-state index contributed by atoms with van der Waals surface area (Å²) in [5, 5.41) is 0.862. The van der Waals surface area contributed by atoms with Crippen molar-refractivity contribution >= 4 is 33.1 Å². The molecule has 2 N–H and O–H groups in total. The van der Waals surface area contributed by atoms with Gasteiger partial charge in [0.25, 0.3) is 5.91 Å². The molecule has 1 amide bonds. The minimum Gasteiger partial charge on any atom is -0.397 e. The summed E-state index contributed by atoms with van der Waals surface area (Å²) >= 11 is 1.35. The summed E-state index contributed by atoms with van der Waals surface area (Å²) in [6.45, 7) is 1.92. The van der Waals surface area contributed by atoms with Crippen LogP contribution in [0.15, 0.2) is 12.1 Å². The summed E-state index contributed by atoms with van der Waals surface area (Å²) in [6.07, 6.45) is 0. The Hall–Kier alpha value is -1.62. The molecular formula is C11H13N3OS. The number of hydrogen-bond acceptors (Lipinski definition) is 4. The van der Waals surface area contributed by atoms with Crippen molar-refractivity contribution in [2.24, 2.45) is 0 Å². The van der Waals surface area contributed by atoms with Crippen LogP contribution in [0.5, 0.6) is 0 Å². The van der Waals surface area contributed by atoms with Gasteiger partial charge in [0.05, 0.1) is 5.69 Å². The summed E-state index contributed by atoms with van der Waals surface area (Å²) in [5.41, 5.74) is 7.41. The van der Waals surface area contributed by atoms with Gasteiger partial charge in [-0.25, -0.2) is 4.98 Å². The number of amides is 1. The van der Waals surface area contributed by atoms with Crippen LogP contribution in [0.25, 0.3) is 10.2 Å². The van der Waals surface area contributed by atoms with E-state index in [1.165, 1.54) is 16.2 Å². The lowest BCUT2D eigenvalue weighted by Gasteiger charge is -2.08. The van der Waals surface area contributed by atoms with Gasteiger partial charge in [-0.2, -0.15) is 0 Å². The Labute approximate surface area is 97.7 Å².